The van der Waals surface area contributed by atoms with E-state index >= 15 is 0 Å². The summed E-state index contributed by atoms with van der Waals surface area (Å²) in [6.07, 6.45) is 3.87. The second kappa shape index (κ2) is 8.17. The molecular weight excluding hydrogens is 398 g/mol. The molecule has 0 radical (unpaired) electrons. The maximum atomic E-state index is 10.1. The van der Waals surface area contributed by atoms with Crippen LogP contribution in [0.25, 0.3) is 22.6 Å². The highest BCUT2D eigenvalue weighted by Gasteiger charge is 2.26. The van der Waals surface area contributed by atoms with Crippen LogP contribution in [0.2, 0.25) is 0 Å². The zero-order chi connectivity index (χ0) is 22.2. The van der Waals surface area contributed by atoms with E-state index in [0.717, 1.165) is 31.2 Å². The number of nitrogen functional groups attached to an aromatic ring is 1. The van der Waals surface area contributed by atoms with Crippen LogP contribution < -0.4 is 16.2 Å². The first-order chi connectivity index (χ1) is 14.8. The van der Waals surface area contributed by atoms with Gasteiger partial charge in [0.25, 0.3) is 0 Å². The molecule has 164 valence electrons. The molecule has 10 heteroatoms. The number of nitrogens with two attached hydrogens (primary N) is 2. The van der Waals surface area contributed by atoms with Crippen LogP contribution >= 0.6 is 0 Å². The summed E-state index contributed by atoms with van der Waals surface area (Å²) in [4.78, 5) is 9.28. The molecule has 4 rings (SSSR count). The standard InChI is InChI=1S/C21H27N7O3/c1-4-28-14-11-16(30-15-8-6-5-7-12(15)22)24-13(9-10-21(2,3)29)17(14)25-20(28)18-19(23)27-31-26-18/h11-12,15,29H,4-8,22H2,1-3H3,(H2,23,27)/t12-,15+/m0/s1. The summed E-state index contributed by atoms with van der Waals surface area (Å²) >= 11 is 0. The lowest BCUT2D eigenvalue weighted by atomic mass is 9.93. The molecule has 0 aromatic carbocycles. The van der Waals surface area contributed by atoms with Gasteiger partial charge in [-0.3, -0.25) is 0 Å². The summed E-state index contributed by atoms with van der Waals surface area (Å²) in [6.45, 7) is 5.78. The topological polar surface area (TPSA) is 151 Å². The lowest BCUT2D eigenvalue weighted by Gasteiger charge is -2.28. The molecule has 3 aromatic heterocycles. The highest BCUT2D eigenvalue weighted by atomic mass is 16.6. The lowest BCUT2D eigenvalue weighted by molar-refractivity contribution is 0.127. The van der Waals surface area contributed by atoms with E-state index in [-0.39, 0.29) is 18.0 Å². The third-order valence-corrected chi connectivity index (χ3v) is 5.27. The van der Waals surface area contributed by atoms with Crippen LogP contribution in [0.5, 0.6) is 5.88 Å². The number of aryl methyl sites for hydroxylation is 1. The Balaban J connectivity index is 1.87. The molecule has 0 aliphatic heterocycles. The number of pyridine rings is 1. The smallest absolute Gasteiger partial charge is 0.217 e. The number of anilines is 1. The van der Waals surface area contributed by atoms with Gasteiger partial charge in [0.05, 0.1) is 5.52 Å². The number of hydrogen-bond donors (Lipinski definition) is 3. The number of aliphatic hydroxyl groups is 1. The van der Waals surface area contributed by atoms with Gasteiger partial charge in [0.15, 0.2) is 17.3 Å². The van der Waals surface area contributed by atoms with Crippen molar-refractivity contribution in [3.63, 3.8) is 0 Å². The predicted octanol–water partition coefficient (Wildman–Crippen LogP) is 1.85. The van der Waals surface area contributed by atoms with E-state index in [1.165, 1.54) is 0 Å². The first-order valence-corrected chi connectivity index (χ1v) is 10.4. The Morgan fingerprint density at radius 2 is 2.06 bits per heavy atom. The van der Waals surface area contributed by atoms with E-state index in [2.05, 4.69) is 32.1 Å². The van der Waals surface area contributed by atoms with Crippen LogP contribution in [0.3, 0.4) is 0 Å². The van der Waals surface area contributed by atoms with Gasteiger partial charge >= 0.3 is 0 Å². The van der Waals surface area contributed by atoms with E-state index in [1.807, 2.05) is 17.6 Å². The summed E-state index contributed by atoms with van der Waals surface area (Å²) in [6, 6.07) is 1.79. The molecule has 0 saturated heterocycles. The highest BCUT2D eigenvalue weighted by molar-refractivity contribution is 5.86. The molecule has 0 amide bonds. The summed E-state index contributed by atoms with van der Waals surface area (Å²) in [5, 5.41) is 17.6. The fraction of sp³-hybridized carbons (Fsp3) is 0.524. The van der Waals surface area contributed by atoms with Crippen molar-refractivity contribution in [2.75, 3.05) is 5.73 Å². The maximum Gasteiger partial charge on any atom is 0.217 e. The van der Waals surface area contributed by atoms with Gasteiger partial charge in [-0.1, -0.05) is 12.3 Å². The molecule has 2 atom stereocenters. The zero-order valence-electron chi connectivity index (χ0n) is 17.9. The summed E-state index contributed by atoms with van der Waals surface area (Å²) in [5.41, 5.74) is 13.0. The van der Waals surface area contributed by atoms with Crippen molar-refractivity contribution in [2.24, 2.45) is 5.73 Å². The SMILES string of the molecule is CCn1c(-c2nonc2N)nc2c(C#CC(C)(C)O)nc(O[C@@H]3CCCC[C@@H]3N)cc21. The van der Waals surface area contributed by atoms with Crippen molar-refractivity contribution in [3.05, 3.63) is 11.8 Å². The summed E-state index contributed by atoms with van der Waals surface area (Å²) < 4.78 is 12.9. The van der Waals surface area contributed by atoms with Crippen molar-refractivity contribution in [3.8, 4) is 29.2 Å². The van der Waals surface area contributed by atoms with E-state index in [0.29, 0.717) is 35.2 Å². The van der Waals surface area contributed by atoms with Crippen LogP contribution in [0, 0.1) is 11.8 Å². The van der Waals surface area contributed by atoms with Gasteiger partial charge in [-0.05, 0) is 56.3 Å². The van der Waals surface area contributed by atoms with Gasteiger partial charge < -0.3 is 25.9 Å². The Morgan fingerprint density at radius 3 is 2.71 bits per heavy atom. The van der Waals surface area contributed by atoms with Gasteiger partial charge in [0, 0.05) is 18.7 Å². The van der Waals surface area contributed by atoms with Gasteiger partial charge in [-0.25, -0.2) is 14.6 Å². The quantitative estimate of drug-likeness (QED) is 0.532. The Kier molecular flexibility index (Phi) is 5.56. The normalized spacial score (nSPS) is 19.3. The number of fused-ring (bicyclic) bond motifs is 1. The minimum atomic E-state index is -1.19. The molecule has 1 fully saturated rings. The Bertz CT molecular complexity index is 1150. The number of aromatic nitrogens is 5. The average molecular weight is 425 g/mol. The molecule has 1 aliphatic carbocycles. The minimum absolute atomic E-state index is 0.0372. The van der Waals surface area contributed by atoms with Crippen molar-refractivity contribution in [2.45, 2.75) is 70.7 Å². The van der Waals surface area contributed by atoms with Gasteiger partial charge in [0.1, 0.15) is 22.9 Å². The molecule has 0 bridgehead atoms. The molecule has 1 aliphatic rings. The molecule has 31 heavy (non-hydrogen) atoms. The van der Waals surface area contributed by atoms with E-state index in [1.54, 1.807) is 13.8 Å². The first kappa shape index (κ1) is 21.1. The van der Waals surface area contributed by atoms with Gasteiger partial charge in [-0.2, -0.15) is 0 Å². The fourth-order valence-electron chi connectivity index (χ4n) is 3.74. The molecule has 5 N–H and O–H groups in total. The monoisotopic (exact) mass is 425 g/mol. The Hall–Kier alpha value is -3.16. The third kappa shape index (κ3) is 4.33. The predicted molar refractivity (Wildman–Crippen MR) is 115 cm³/mol. The second-order valence-corrected chi connectivity index (χ2v) is 8.27. The van der Waals surface area contributed by atoms with Crippen molar-refractivity contribution < 1.29 is 14.5 Å². The summed E-state index contributed by atoms with van der Waals surface area (Å²) in [5.74, 6) is 6.82. The van der Waals surface area contributed by atoms with Crippen LogP contribution in [-0.4, -0.2) is 47.7 Å². The second-order valence-electron chi connectivity index (χ2n) is 8.27. The number of nitrogens with zero attached hydrogens (tertiary/aromatic N) is 5. The van der Waals surface area contributed by atoms with E-state index < -0.39 is 5.60 Å². The molecule has 0 spiro atoms. The minimum Gasteiger partial charge on any atom is -0.473 e. The summed E-state index contributed by atoms with van der Waals surface area (Å²) in [7, 11) is 0. The van der Waals surface area contributed by atoms with Crippen LogP contribution in [-0.2, 0) is 6.54 Å². The zero-order valence-corrected chi connectivity index (χ0v) is 17.9. The van der Waals surface area contributed by atoms with Crippen molar-refractivity contribution in [1.82, 2.24) is 24.8 Å². The molecule has 0 unspecified atom stereocenters. The molecule has 1 saturated carbocycles. The maximum absolute atomic E-state index is 10.1. The fourth-order valence-corrected chi connectivity index (χ4v) is 3.74. The van der Waals surface area contributed by atoms with Crippen LogP contribution in [0.4, 0.5) is 5.82 Å². The first-order valence-electron chi connectivity index (χ1n) is 10.4. The largest absolute Gasteiger partial charge is 0.473 e. The van der Waals surface area contributed by atoms with Crippen LogP contribution in [0.1, 0.15) is 52.1 Å². The number of hydrogen-bond acceptors (Lipinski definition) is 9. The van der Waals surface area contributed by atoms with Crippen LogP contribution in [0.15, 0.2) is 10.7 Å². The lowest BCUT2D eigenvalue weighted by Crippen LogP contribution is -2.41. The number of imidazole rings is 1. The van der Waals surface area contributed by atoms with Gasteiger partial charge in [0.2, 0.25) is 5.88 Å². The molecule has 10 nitrogen and oxygen atoms in total. The van der Waals surface area contributed by atoms with Crippen molar-refractivity contribution >= 4 is 16.9 Å². The molecular formula is C21H27N7O3. The average Bonchev–Trinajstić information content (AvgIpc) is 3.30. The Morgan fingerprint density at radius 1 is 1.29 bits per heavy atom. The third-order valence-electron chi connectivity index (χ3n) is 5.27. The van der Waals surface area contributed by atoms with Crippen molar-refractivity contribution in [1.29, 1.82) is 0 Å². The van der Waals surface area contributed by atoms with E-state index in [4.69, 9.17) is 20.8 Å². The Labute approximate surface area is 179 Å². The van der Waals surface area contributed by atoms with Gasteiger partial charge in [-0.15, -0.1) is 0 Å². The number of ether oxygens (including phenoxy) is 1. The number of rotatable bonds is 4. The highest BCUT2D eigenvalue weighted by Crippen LogP contribution is 2.31. The molecule has 3 heterocycles. The van der Waals surface area contributed by atoms with E-state index in [9.17, 15) is 5.11 Å². The molecule has 3 aromatic rings.